The van der Waals surface area contributed by atoms with Gasteiger partial charge in [-0.3, -0.25) is 4.79 Å². The molecule has 1 N–H and O–H groups in total. The van der Waals surface area contributed by atoms with Crippen LogP contribution in [-0.2, 0) is 6.18 Å². The largest absolute Gasteiger partial charge is 0.418 e. The van der Waals surface area contributed by atoms with E-state index in [-0.39, 0.29) is 10.6 Å². The number of alkyl halides is 3. The quantitative estimate of drug-likeness (QED) is 0.796. The fraction of sp³-hybridized carbons (Fsp3) is 0.0714. The van der Waals surface area contributed by atoms with Gasteiger partial charge in [0.05, 0.1) is 11.3 Å². The molecule has 1 amide bonds. The van der Waals surface area contributed by atoms with Crippen LogP contribution in [0.25, 0.3) is 0 Å². The van der Waals surface area contributed by atoms with Crippen LogP contribution in [0.2, 0.25) is 5.02 Å². The molecule has 2 rings (SSSR count). The average molecular weight is 318 g/mol. The van der Waals surface area contributed by atoms with Crippen molar-refractivity contribution in [3.63, 3.8) is 0 Å². The minimum absolute atomic E-state index is 0.0412. The topological polar surface area (TPSA) is 29.1 Å². The van der Waals surface area contributed by atoms with E-state index in [1.165, 1.54) is 18.2 Å². The second kappa shape index (κ2) is 5.73. The van der Waals surface area contributed by atoms with E-state index in [1.807, 2.05) is 0 Å². The van der Waals surface area contributed by atoms with Crippen LogP contribution in [0.15, 0.2) is 42.5 Å². The number of benzene rings is 2. The summed E-state index contributed by atoms with van der Waals surface area (Å²) in [7, 11) is 0. The van der Waals surface area contributed by atoms with Crippen LogP contribution < -0.4 is 5.32 Å². The summed E-state index contributed by atoms with van der Waals surface area (Å²) in [5.74, 6) is -1.32. The van der Waals surface area contributed by atoms with Crippen molar-refractivity contribution in [3.8, 4) is 0 Å². The summed E-state index contributed by atoms with van der Waals surface area (Å²) in [5.41, 5.74) is -1.42. The van der Waals surface area contributed by atoms with E-state index in [0.29, 0.717) is 0 Å². The average Bonchev–Trinajstić information content (AvgIpc) is 2.40. The van der Waals surface area contributed by atoms with Gasteiger partial charge in [-0.15, -0.1) is 0 Å². The molecule has 0 aromatic heterocycles. The Balaban J connectivity index is 2.31. The van der Waals surface area contributed by atoms with Crippen LogP contribution in [0.4, 0.5) is 23.2 Å². The lowest BCUT2D eigenvalue weighted by atomic mass is 10.1. The van der Waals surface area contributed by atoms with Crippen molar-refractivity contribution >= 4 is 23.2 Å². The molecule has 0 saturated carbocycles. The molecule has 2 nitrogen and oxygen atoms in total. The van der Waals surface area contributed by atoms with Gasteiger partial charge in [0, 0.05) is 10.6 Å². The Bertz CT molecular complexity index is 668. The lowest BCUT2D eigenvalue weighted by Crippen LogP contribution is -2.16. The molecule has 0 unspecified atom stereocenters. The first-order chi connectivity index (χ1) is 9.77. The van der Waals surface area contributed by atoms with Gasteiger partial charge in [-0.2, -0.15) is 13.2 Å². The monoisotopic (exact) mass is 317 g/mol. The summed E-state index contributed by atoms with van der Waals surface area (Å²) in [6.45, 7) is 0. The summed E-state index contributed by atoms with van der Waals surface area (Å²) < 4.78 is 51.4. The fourth-order valence-electron chi connectivity index (χ4n) is 1.66. The molecule has 0 spiro atoms. The number of carbonyl (C=O) groups excluding carboxylic acids is 1. The lowest BCUT2D eigenvalue weighted by molar-refractivity contribution is -0.136. The van der Waals surface area contributed by atoms with Crippen molar-refractivity contribution in [3.05, 3.63) is 64.4 Å². The molecule has 0 aliphatic heterocycles. The summed E-state index contributed by atoms with van der Waals surface area (Å²) >= 11 is 5.54. The maximum Gasteiger partial charge on any atom is 0.418 e. The molecule has 0 fully saturated rings. The molecule has 0 heterocycles. The maximum atomic E-state index is 12.9. The van der Waals surface area contributed by atoms with Gasteiger partial charge >= 0.3 is 6.18 Å². The zero-order chi connectivity index (χ0) is 15.6. The van der Waals surface area contributed by atoms with Crippen molar-refractivity contribution in [1.29, 1.82) is 0 Å². The maximum absolute atomic E-state index is 12.9. The summed E-state index contributed by atoms with van der Waals surface area (Å²) in [6.07, 6.45) is -4.66. The number of hydrogen-bond acceptors (Lipinski definition) is 1. The SMILES string of the molecule is O=C(Nc1ccc(Cl)cc1C(F)(F)F)c1ccc(F)cc1. The molecule has 7 heteroatoms. The van der Waals surface area contributed by atoms with Gasteiger partial charge in [0.1, 0.15) is 5.82 Å². The molecule has 0 atom stereocenters. The first-order valence-corrected chi connectivity index (χ1v) is 6.09. The van der Waals surface area contributed by atoms with E-state index in [1.54, 1.807) is 0 Å². The number of hydrogen-bond donors (Lipinski definition) is 1. The minimum Gasteiger partial charge on any atom is -0.321 e. The van der Waals surface area contributed by atoms with Crippen LogP contribution in [0.3, 0.4) is 0 Å². The Kier molecular flexibility index (Phi) is 4.18. The molecular weight excluding hydrogens is 310 g/mol. The zero-order valence-electron chi connectivity index (χ0n) is 10.3. The molecule has 21 heavy (non-hydrogen) atoms. The Morgan fingerprint density at radius 3 is 2.24 bits per heavy atom. The van der Waals surface area contributed by atoms with Gasteiger partial charge in [-0.05, 0) is 42.5 Å². The predicted molar refractivity (Wildman–Crippen MR) is 70.8 cm³/mol. The third-order valence-corrected chi connectivity index (χ3v) is 2.88. The molecule has 2 aromatic carbocycles. The van der Waals surface area contributed by atoms with Crippen LogP contribution in [0.5, 0.6) is 0 Å². The Hall–Kier alpha value is -2.08. The number of carbonyl (C=O) groups is 1. The van der Waals surface area contributed by atoms with Crippen molar-refractivity contribution in [1.82, 2.24) is 0 Å². The second-order valence-corrected chi connectivity index (χ2v) is 4.59. The highest BCUT2D eigenvalue weighted by atomic mass is 35.5. The third kappa shape index (κ3) is 3.72. The molecule has 0 saturated heterocycles. The Labute approximate surface area is 122 Å². The minimum atomic E-state index is -4.66. The highest BCUT2D eigenvalue weighted by Crippen LogP contribution is 2.36. The smallest absolute Gasteiger partial charge is 0.321 e. The van der Waals surface area contributed by atoms with E-state index in [9.17, 15) is 22.4 Å². The van der Waals surface area contributed by atoms with E-state index in [4.69, 9.17) is 11.6 Å². The van der Waals surface area contributed by atoms with E-state index in [2.05, 4.69) is 5.32 Å². The zero-order valence-corrected chi connectivity index (χ0v) is 11.1. The molecule has 0 aliphatic rings. The number of anilines is 1. The number of rotatable bonds is 2. The summed E-state index contributed by atoms with van der Waals surface area (Å²) in [5, 5.41) is 2.04. The van der Waals surface area contributed by atoms with Crippen LogP contribution in [0, 0.1) is 5.82 Å². The van der Waals surface area contributed by atoms with Gasteiger partial charge in [0.25, 0.3) is 5.91 Å². The standard InChI is InChI=1S/C14H8ClF4NO/c15-9-3-6-12(11(7-9)14(17,18)19)20-13(21)8-1-4-10(16)5-2-8/h1-7H,(H,20,21). The second-order valence-electron chi connectivity index (χ2n) is 4.15. The molecular formula is C14H8ClF4NO. The van der Waals surface area contributed by atoms with Crippen LogP contribution in [0.1, 0.15) is 15.9 Å². The number of amides is 1. The normalized spacial score (nSPS) is 11.3. The third-order valence-electron chi connectivity index (χ3n) is 2.64. The number of halogens is 5. The Morgan fingerprint density at radius 2 is 1.67 bits per heavy atom. The van der Waals surface area contributed by atoms with Crippen molar-refractivity contribution < 1.29 is 22.4 Å². The lowest BCUT2D eigenvalue weighted by Gasteiger charge is -2.14. The van der Waals surface area contributed by atoms with Gasteiger partial charge in [0.15, 0.2) is 0 Å². The Morgan fingerprint density at radius 1 is 1.05 bits per heavy atom. The number of nitrogens with one attached hydrogen (secondary N) is 1. The highest BCUT2D eigenvalue weighted by molar-refractivity contribution is 6.30. The van der Waals surface area contributed by atoms with Crippen molar-refractivity contribution in [2.24, 2.45) is 0 Å². The molecule has 0 aliphatic carbocycles. The van der Waals surface area contributed by atoms with Crippen LogP contribution in [-0.4, -0.2) is 5.91 Å². The summed E-state index contributed by atoms with van der Waals surface area (Å²) in [4.78, 5) is 11.9. The van der Waals surface area contributed by atoms with Gasteiger partial charge < -0.3 is 5.32 Å². The molecule has 110 valence electrons. The van der Waals surface area contributed by atoms with E-state index in [0.717, 1.165) is 24.3 Å². The fourth-order valence-corrected chi connectivity index (χ4v) is 1.83. The molecule has 2 aromatic rings. The van der Waals surface area contributed by atoms with Crippen molar-refractivity contribution in [2.75, 3.05) is 5.32 Å². The predicted octanol–water partition coefficient (Wildman–Crippen LogP) is 4.75. The first kappa shape index (κ1) is 15.3. The van der Waals surface area contributed by atoms with E-state index < -0.39 is 29.2 Å². The van der Waals surface area contributed by atoms with Gasteiger partial charge in [-0.1, -0.05) is 11.6 Å². The highest BCUT2D eigenvalue weighted by Gasteiger charge is 2.34. The molecule has 0 radical (unpaired) electrons. The van der Waals surface area contributed by atoms with Gasteiger partial charge in [0.2, 0.25) is 0 Å². The van der Waals surface area contributed by atoms with Gasteiger partial charge in [-0.25, -0.2) is 4.39 Å². The summed E-state index contributed by atoms with van der Waals surface area (Å²) in [6, 6.07) is 7.45. The van der Waals surface area contributed by atoms with E-state index >= 15 is 0 Å². The first-order valence-electron chi connectivity index (χ1n) is 5.71. The van der Waals surface area contributed by atoms with Crippen LogP contribution >= 0.6 is 11.6 Å². The molecule has 0 bridgehead atoms. The van der Waals surface area contributed by atoms with Crippen molar-refractivity contribution in [2.45, 2.75) is 6.18 Å².